The van der Waals surface area contributed by atoms with Gasteiger partial charge in [-0.05, 0) is 55.5 Å². The summed E-state index contributed by atoms with van der Waals surface area (Å²) in [4.78, 5) is 19.8. The third kappa shape index (κ3) is 7.07. The first kappa shape index (κ1) is 32.6. The molecule has 3 aromatic rings. The number of fused-ring (bicyclic) bond motifs is 1. The number of carbonyl (C=O) groups is 1. The summed E-state index contributed by atoms with van der Waals surface area (Å²) in [5.74, 6) is 7.13. The number of likely N-dealkylation sites (N-methyl/N-ethyl adjacent to an activating group) is 1. The Labute approximate surface area is 258 Å². The van der Waals surface area contributed by atoms with Crippen LogP contribution < -0.4 is 18.9 Å². The molecular formula is C32H37N3O8S. The number of rotatable bonds is 9. The average molecular weight is 624 g/mol. The van der Waals surface area contributed by atoms with Crippen LogP contribution in [0.5, 0.6) is 23.1 Å². The van der Waals surface area contributed by atoms with Gasteiger partial charge in [-0.15, -0.1) is 0 Å². The Morgan fingerprint density at radius 3 is 2.36 bits per heavy atom. The number of carbonyl (C=O) groups excluding carboxylic acids is 1. The maximum Gasteiger partial charge on any atom is 0.259 e. The van der Waals surface area contributed by atoms with E-state index in [1.54, 1.807) is 62.4 Å². The number of amides is 1. The lowest BCUT2D eigenvalue weighted by molar-refractivity contribution is 0.0373. The summed E-state index contributed by atoms with van der Waals surface area (Å²) in [6, 6.07) is 12.5. The second-order valence-electron chi connectivity index (χ2n) is 10.5. The molecule has 0 unspecified atom stereocenters. The molecular weight excluding hydrogens is 586 g/mol. The van der Waals surface area contributed by atoms with E-state index in [4.69, 9.17) is 18.9 Å². The van der Waals surface area contributed by atoms with Crippen molar-refractivity contribution in [1.29, 1.82) is 0 Å². The predicted molar refractivity (Wildman–Crippen MR) is 164 cm³/mol. The predicted octanol–water partition coefficient (Wildman–Crippen LogP) is 3.05. The number of sulfonamides is 1. The molecule has 11 nitrogen and oxygen atoms in total. The Kier molecular flexibility index (Phi) is 10.4. The minimum absolute atomic E-state index is 0.00690. The SMILES string of the molecule is COc1ccc(S(=O)(=O)N(C)C[C@@H]2Oc3ncc(C#Cc4ccc(OC)c(OC)c4)cc3C(=O)N([C@H](C)CO)C[C@@H]2C)cc1. The normalized spacial score (nSPS) is 17.4. The van der Waals surface area contributed by atoms with Crippen molar-refractivity contribution in [2.45, 2.75) is 30.9 Å². The number of pyridine rings is 1. The zero-order valence-corrected chi connectivity index (χ0v) is 26.4. The molecule has 44 heavy (non-hydrogen) atoms. The van der Waals surface area contributed by atoms with Crippen LogP contribution in [-0.2, 0) is 10.0 Å². The van der Waals surface area contributed by atoms with Crippen LogP contribution in [0.1, 0.15) is 35.3 Å². The first-order valence-corrected chi connectivity index (χ1v) is 15.4. The van der Waals surface area contributed by atoms with Crippen LogP contribution in [0.15, 0.2) is 59.6 Å². The van der Waals surface area contributed by atoms with Crippen LogP contribution in [-0.4, -0.2) is 93.8 Å². The van der Waals surface area contributed by atoms with Gasteiger partial charge in [-0.2, -0.15) is 4.31 Å². The maximum atomic E-state index is 13.7. The minimum atomic E-state index is -3.86. The van der Waals surface area contributed by atoms with Crippen LogP contribution in [0, 0.1) is 17.8 Å². The largest absolute Gasteiger partial charge is 0.497 e. The van der Waals surface area contributed by atoms with Crippen LogP contribution in [0.25, 0.3) is 0 Å². The summed E-state index contributed by atoms with van der Waals surface area (Å²) in [5.41, 5.74) is 1.31. The van der Waals surface area contributed by atoms with Crippen molar-refractivity contribution >= 4 is 15.9 Å². The highest BCUT2D eigenvalue weighted by Gasteiger charge is 2.36. The van der Waals surface area contributed by atoms with Crippen LogP contribution in [0.3, 0.4) is 0 Å². The molecule has 1 aliphatic heterocycles. The van der Waals surface area contributed by atoms with Gasteiger partial charge in [0.15, 0.2) is 11.5 Å². The average Bonchev–Trinajstić information content (AvgIpc) is 3.04. The van der Waals surface area contributed by atoms with Gasteiger partial charge in [0.25, 0.3) is 5.91 Å². The van der Waals surface area contributed by atoms with Gasteiger partial charge in [0, 0.05) is 36.8 Å². The lowest BCUT2D eigenvalue weighted by Crippen LogP contribution is -2.50. The van der Waals surface area contributed by atoms with Gasteiger partial charge in [-0.3, -0.25) is 4.79 Å². The number of nitrogens with zero attached hydrogens (tertiary/aromatic N) is 3. The maximum absolute atomic E-state index is 13.7. The molecule has 2 heterocycles. The molecule has 0 bridgehead atoms. The molecule has 0 fully saturated rings. The summed E-state index contributed by atoms with van der Waals surface area (Å²) in [5, 5.41) is 9.95. The second-order valence-corrected chi connectivity index (χ2v) is 12.5. The van der Waals surface area contributed by atoms with Crippen molar-refractivity contribution in [2.75, 3.05) is 48.1 Å². The summed E-state index contributed by atoms with van der Waals surface area (Å²) in [6.07, 6.45) is 0.838. The number of benzene rings is 2. The van der Waals surface area contributed by atoms with Crippen molar-refractivity contribution in [3.05, 3.63) is 71.4 Å². The van der Waals surface area contributed by atoms with Gasteiger partial charge in [0.2, 0.25) is 15.9 Å². The van der Waals surface area contributed by atoms with E-state index in [0.717, 1.165) is 0 Å². The number of aromatic nitrogens is 1. The molecule has 12 heteroatoms. The molecule has 0 saturated carbocycles. The van der Waals surface area contributed by atoms with Crippen molar-refractivity contribution in [3.8, 4) is 35.0 Å². The molecule has 1 amide bonds. The van der Waals surface area contributed by atoms with E-state index >= 15 is 0 Å². The van der Waals surface area contributed by atoms with E-state index < -0.39 is 22.2 Å². The lowest BCUT2D eigenvalue weighted by Gasteiger charge is -2.37. The highest BCUT2D eigenvalue weighted by atomic mass is 32.2. The van der Waals surface area contributed by atoms with Crippen molar-refractivity contribution in [3.63, 3.8) is 0 Å². The number of ether oxygens (including phenoxy) is 4. The van der Waals surface area contributed by atoms with Gasteiger partial charge in [0.1, 0.15) is 17.4 Å². The van der Waals surface area contributed by atoms with Gasteiger partial charge in [-0.1, -0.05) is 18.8 Å². The van der Waals surface area contributed by atoms with Gasteiger partial charge >= 0.3 is 0 Å². The molecule has 234 valence electrons. The van der Waals surface area contributed by atoms with E-state index in [-0.39, 0.29) is 47.9 Å². The number of hydrogen-bond acceptors (Lipinski definition) is 9. The molecule has 1 N–H and O–H groups in total. The van der Waals surface area contributed by atoms with E-state index in [1.807, 2.05) is 6.92 Å². The fraction of sp³-hybridized carbons (Fsp3) is 0.375. The van der Waals surface area contributed by atoms with Crippen molar-refractivity contribution in [1.82, 2.24) is 14.2 Å². The Morgan fingerprint density at radius 2 is 1.73 bits per heavy atom. The van der Waals surface area contributed by atoms with Gasteiger partial charge in [-0.25, -0.2) is 13.4 Å². The molecule has 0 spiro atoms. The first-order valence-electron chi connectivity index (χ1n) is 13.9. The highest BCUT2D eigenvalue weighted by Crippen LogP contribution is 2.29. The monoisotopic (exact) mass is 623 g/mol. The number of hydrogen-bond donors (Lipinski definition) is 1. The minimum Gasteiger partial charge on any atom is -0.497 e. The molecule has 0 radical (unpaired) electrons. The Bertz CT molecular complexity index is 1650. The Morgan fingerprint density at radius 1 is 1.05 bits per heavy atom. The molecule has 1 aromatic heterocycles. The zero-order chi connectivity index (χ0) is 32.0. The van der Waals surface area contributed by atoms with Crippen molar-refractivity contribution in [2.24, 2.45) is 5.92 Å². The molecule has 4 rings (SSSR count). The Balaban J connectivity index is 1.67. The second kappa shape index (κ2) is 14.0. The smallest absolute Gasteiger partial charge is 0.259 e. The molecule has 0 aliphatic carbocycles. The molecule has 1 aliphatic rings. The number of aliphatic hydroxyl groups is 1. The third-order valence-electron chi connectivity index (χ3n) is 7.46. The van der Waals surface area contributed by atoms with Crippen LogP contribution >= 0.6 is 0 Å². The summed E-state index contributed by atoms with van der Waals surface area (Å²) in [6.45, 7) is 3.58. The van der Waals surface area contributed by atoms with E-state index in [1.165, 1.54) is 36.8 Å². The summed E-state index contributed by atoms with van der Waals surface area (Å²) in [7, 11) is 2.22. The number of aliphatic hydroxyl groups excluding tert-OH is 1. The molecule has 3 atom stereocenters. The van der Waals surface area contributed by atoms with Crippen LogP contribution in [0.2, 0.25) is 0 Å². The van der Waals surface area contributed by atoms with Gasteiger partial charge in [0.05, 0.1) is 45.4 Å². The Hall–Kier alpha value is -4.31. The lowest BCUT2D eigenvalue weighted by atomic mass is 10.0. The molecule has 0 saturated heterocycles. The molecule has 2 aromatic carbocycles. The van der Waals surface area contributed by atoms with E-state index in [2.05, 4.69) is 16.8 Å². The highest BCUT2D eigenvalue weighted by molar-refractivity contribution is 7.89. The summed E-state index contributed by atoms with van der Waals surface area (Å²) >= 11 is 0. The van der Waals surface area contributed by atoms with Crippen LogP contribution in [0.4, 0.5) is 0 Å². The van der Waals surface area contributed by atoms with Crippen molar-refractivity contribution < 1.29 is 37.3 Å². The third-order valence-corrected chi connectivity index (χ3v) is 9.30. The van der Waals surface area contributed by atoms with Gasteiger partial charge < -0.3 is 29.0 Å². The fourth-order valence-corrected chi connectivity index (χ4v) is 5.91. The summed E-state index contributed by atoms with van der Waals surface area (Å²) < 4.78 is 50.0. The number of methoxy groups -OCH3 is 3. The van der Waals surface area contributed by atoms with E-state index in [0.29, 0.717) is 28.4 Å². The van der Waals surface area contributed by atoms with E-state index in [9.17, 15) is 18.3 Å². The zero-order valence-electron chi connectivity index (χ0n) is 25.6. The standard InChI is InChI=1S/C32H37N3O8S/c1-21-18-35(22(2)20-36)32(37)27-15-24(8-7-23-9-14-28(41-5)29(16-23)42-6)17-33-31(27)43-30(21)19-34(3)44(38,39)26-12-10-25(40-4)11-13-26/h9-17,21-22,30,36H,18-20H2,1-6H3/t21-,22+,30-/m0/s1. The first-order chi connectivity index (χ1) is 21.0. The fourth-order valence-electron chi connectivity index (χ4n) is 4.73. The topological polar surface area (TPSA) is 128 Å². The quantitative estimate of drug-likeness (QED) is 0.358.